The summed E-state index contributed by atoms with van der Waals surface area (Å²) in [5, 5.41) is 9.43. The first-order chi connectivity index (χ1) is 9.60. The number of carboxylic acids is 1. The van der Waals surface area contributed by atoms with Crippen molar-refractivity contribution in [3.05, 3.63) is 47.5 Å². The number of imidazole rings is 1. The summed E-state index contributed by atoms with van der Waals surface area (Å²) < 4.78 is 14.9. The molecule has 0 saturated heterocycles. The standard InChI is InChI=1S/C14H15FN2O2S/c1-2-12-7-16-14(20-9-13(18)19)17(12)8-10-3-5-11(15)6-4-10/h3-7H,2,8-9H2,1H3,(H,18,19). The minimum absolute atomic E-state index is 0.0242. The van der Waals surface area contributed by atoms with Crippen LogP contribution in [0.15, 0.2) is 35.6 Å². The molecule has 6 heteroatoms. The third kappa shape index (κ3) is 3.60. The molecular formula is C14H15FN2O2S. The predicted molar refractivity (Wildman–Crippen MR) is 75.5 cm³/mol. The van der Waals surface area contributed by atoms with E-state index in [1.165, 1.54) is 23.9 Å². The second kappa shape index (κ2) is 6.56. The highest BCUT2D eigenvalue weighted by Crippen LogP contribution is 2.20. The Morgan fingerprint density at radius 3 is 2.70 bits per heavy atom. The molecule has 0 aliphatic rings. The first-order valence-corrected chi connectivity index (χ1v) is 7.22. The van der Waals surface area contributed by atoms with Gasteiger partial charge in [0.05, 0.1) is 5.75 Å². The van der Waals surface area contributed by atoms with Gasteiger partial charge < -0.3 is 9.67 Å². The molecule has 0 atom stereocenters. The molecule has 0 spiro atoms. The van der Waals surface area contributed by atoms with E-state index < -0.39 is 5.97 Å². The molecule has 0 fully saturated rings. The minimum Gasteiger partial charge on any atom is -0.481 e. The molecule has 0 saturated carbocycles. The van der Waals surface area contributed by atoms with Crippen LogP contribution in [-0.2, 0) is 17.8 Å². The molecule has 1 N–H and O–H groups in total. The highest BCUT2D eigenvalue weighted by molar-refractivity contribution is 7.99. The number of hydrogen-bond acceptors (Lipinski definition) is 3. The van der Waals surface area contributed by atoms with Gasteiger partial charge in [0.15, 0.2) is 5.16 Å². The van der Waals surface area contributed by atoms with Gasteiger partial charge in [-0.05, 0) is 24.1 Å². The number of halogens is 1. The number of aryl methyl sites for hydroxylation is 1. The van der Waals surface area contributed by atoms with E-state index in [4.69, 9.17) is 5.11 Å². The molecule has 2 rings (SSSR count). The van der Waals surface area contributed by atoms with Gasteiger partial charge in [-0.15, -0.1) is 0 Å². The van der Waals surface area contributed by atoms with E-state index in [2.05, 4.69) is 4.98 Å². The Morgan fingerprint density at radius 1 is 1.40 bits per heavy atom. The Kier molecular flexibility index (Phi) is 4.79. The molecule has 0 bridgehead atoms. The molecule has 106 valence electrons. The average molecular weight is 294 g/mol. The summed E-state index contributed by atoms with van der Waals surface area (Å²) in [6.45, 7) is 2.58. The van der Waals surface area contributed by atoms with Gasteiger partial charge in [-0.3, -0.25) is 4.79 Å². The summed E-state index contributed by atoms with van der Waals surface area (Å²) in [5.41, 5.74) is 1.98. The summed E-state index contributed by atoms with van der Waals surface area (Å²) in [6, 6.07) is 6.28. The van der Waals surface area contributed by atoms with Crippen LogP contribution in [0.3, 0.4) is 0 Å². The number of aromatic nitrogens is 2. The van der Waals surface area contributed by atoms with Gasteiger partial charge >= 0.3 is 5.97 Å². The molecule has 0 amide bonds. The molecular weight excluding hydrogens is 279 g/mol. The first kappa shape index (κ1) is 14.6. The Hall–Kier alpha value is -1.82. The fraction of sp³-hybridized carbons (Fsp3) is 0.286. The van der Waals surface area contributed by atoms with Crippen LogP contribution < -0.4 is 0 Å². The van der Waals surface area contributed by atoms with Crippen LogP contribution in [0.25, 0.3) is 0 Å². The minimum atomic E-state index is -0.871. The number of carbonyl (C=O) groups is 1. The van der Waals surface area contributed by atoms with Crippen LogP contribution in [-0.4, -0.2) is 26.4 Å². The van der Waals surface area contributed by atoms with E-state index in [-0.39, 0.29) is 11.6 Å². The summed E-state index contributed by atoms with van der Waals surface area (Å²) >= 11 is 1.19. The van der Waals surface area contributed by atoms with Gasteiger partial charge in [0.1, 0.15) is 5.82 Å². The van der Waals surface area contributed by atoms with E-state index in [1.807, 2.05) is 11.5 Å². The molecule has 1 aromatic carbocycles. The SMILES string of the molecule is CCc1cnc(SCC(=O)O)n1Cc1ccc(F)cc1. The normalized spacial score (nSPS) is 10.7. The second-order valence-electron chi connectivity index (χ2n) is 4.28. The van der Waals surface area contributed by atoms with Gasteiger partial charge in [-0.2, -0.15) is 0 Å². The van der Waals surface area contributed by atoms with E-state index in [0.717, 1.165) is 17.7 Å². The Morgan fingerprint density at radius 2 is 2.10 bits per heavy atom. The summed E-state index contributed by atoms with van der Waals surface area (Å²) in [4.78, 5) is 14.9. The molecule has 4 nitrogen and oxygen atoms in total. The van der Waals surface area contributed by atoms with E-state index in [0.29, 0.717) is 11.7 Å². The number of aliphatic carboxylic acids is 1. The van der Waals surface area contributed by atoms with Crippen molar-refractivity contribution in [2.45, 2.75) is 25.0 Å². The maximum atomic E-state index is 12.9. The lowest BCUT2D eigenvalue weighted by Gasteiger charge is -2.10. The maximum Gasteiger partial charge on any atom is 0.313 e. The third-order valence-electron chi connectivity index (χ3n) is 2.84. The van der Waals surface area contributed by atoms with Gasteiger partial charge in [-0.25, -0.2) is 9.37 Å². The monoisotopic (exact) mass is 294 g/mol. The Labute approximate surface area is 120 Å². The van der Waals surface area contributed by atoms with E-state index in [1.54, 1.807) is 18.3 Å². The molecule has 20 heavy (non-hydrogen) atoms. The van der Waals surface area contributed by atoms with Crippen molar-refractivity contribution in [2.24, 2.45) is 0 Å². The lowest BCUT2D eigenvalue weighted by Crippen LogP contribution is -2.07. The molecule has 0 aliphatic heterocycles. The van der Waals surface area contributed by atoms with Crippen molar-refractivity contribution in [1.29, 1.82) is 0 Å². The van der Waals surface area contributed by atoms with Crippen LogP contribution in [0.1, 0.15) is 18.2 Å². The molecule has 0 aliphatic carbocycles. The highest BCUT2D eigenvalue weighted by Gasteiger charge is 2.11. The summed E-state index contributed by atoms with van der Waals surface area (Å²) in [6.07, 6.45) is 2.57. The van der Waals surface area contributed by atoms with Crippen LogP contribution in [0.4, 0.5) is 4.39 Å². The summed E-state index contributed by atoms with van der Waals surface area (Å²) in [5.74, 6) is -1.16. The fourth-order valence-corrected chi connectivity index (χ4v) is 2.57. The van der Waals surface area contributed by atoms with Crippen molar-refractivity contribution in [1.82, 2.24) is 9.55 Å². The molecule has 0 unspecified atom stereocenters. The molecule has 1 aromatic heterocycles. The number of rotatable bonds is 6. The lowest BCUT2D eigenvalue weighted by atomic mass is 10.2. The van der Waals surface area contributed by atoms with Gasteiger partial charge in [0.25, 0.3) is 0 Å². The number of hydrogen-bond donors (Lipinski definition) is 1. The number of carboxylic acid groups (broad SMARTS) is 1. The summed E-state index contributed by atoms with van der Waals surface area (Å²) in [7, 11) is 0. The van der Waals surface area contributed by atoms with E-state index >= 15 is 0 Å². The number of benzene rings is 1. The zero-order valence-corrected chi connectivity index (χ0v) is 11.9. The number of thioether (sulfide) groups is 1. The quantitative estimate of drug-likeness (QED) is 0.832. The molecule has 0 radical (unpaired) electrons. The Bertz CT molecular complexity index is 596. The van der Waals surface area contributed by atoms with Crippen LogP contribution >= 0.6 is 11.8 Å². The van der Waals surface area contributed by atoms with Crippen molar-refractivity contribution < 1.29 is 14.3 Å². The van der Waals surface area contributed by atoms with Crippen LogP contribution in [0, 0.1) is 5.82 Å². The maximum absolute atomic E-state index is 12.9. The van der Waals surface area contributed by atoms with Crippen molar-refractivity contribution in [2.75, 3.05) is 5.75 Å². The third-order valence-corrected chi connectivity index (χ3v) is 3.82. The highest BCUT2D eigenvalue weighted by atomic mass is 32.2. The zero-order valence-electron chi connectivity index (χ0n) is 11.0. The van der Waals surface area contributed by atoms with Gasteiger partial charge in [0.2, 0.25) is 0 Å². The smallest absolute Gasteiger partial charge is 0.313 e. The van der Waals surface area contributed by atoms with Crippen molar-refractivity contribution >= 4 is 17.7 Å². The molecule has 2 aromatic rings. The predicted octanol–water partition coefficient (Wildman–Crippen LogP) is 2.81. The van der Waals surface area contributed by atoms with E-state index in [9.17, 15) is 9.18 Å². The van der Waals surface area contributed by atoms with Gasteiger partial charge in [-0.1, -0.05) is 30.8 Å². The lowest BCUT2D eigenvalue weighted by molar-refractivity contribution is -0.133. The van der Waals surface area contributed by atoms with Crippen LogP contribution in [0.2, 0.25) is 0 Å². The zero-order chi connectivity index (χ0) is 14.5. The number of nitrogens with zero attached hydrogens (tertiary/aromatic N) is 2. The van der Waals surface area contributed by atoms with Gasteiger partial charge in [0, 0.05) is 18.4 Å². The average Bonchev–Trinajstić information content (AvgIpc) is 2.81. The molecule has 1 heterocycles. The fourth-order valence-electron chi connectivity index (χ4n) is 1.86. The first-order valence-electron chi connectivity index (χ1n) is 6.23. The van der Waals surface area contributed by atoms with Crippen molar-refractivity contribution in [3.63, 3.8) is 0 Å². The van der Waals surface area contributed by atoms with Crippen LogP contribution in [0.5, 0.6) is 0 Å². The topological polar surface area (TPSA) is 55.1 Å². The second-order valence-corrected chi connectivity index (χ2v) is 5.22. The Balaban J connectivity index is 2.21. The van der Waals surface area contributed by atoms with Crippen molar-refractivity contribution in [3.8, 4) is 0 Å². The largest absolute Gasteiger partial charge is 0.481 e.